The zero-order valence-corrected chi connectivity index (χ0v) is 10.9. The van der Waals surface area contributed by atoms with E-state index < -0.39 is 0 Å². The Hall–Kier alpha value is -1.09. The van der Waals surface area contributed by atoms with Crippen molar-refractivity contribution in [2.45, 2.75) is 52.0 Å². The molecule has 0 fully saturated rings. The van der Waals surface area contributed by atoms with Gasteiger partial charge in [-0.25, -0.2) is 0 Å². The largest absolute Gasteiger partial charge is 0.397 e. The lowest BCUT2D eigenvalue weighted by molar-refractivity contribution is 0.569. The van der Waals surface area contributed by atoms with Crippen molar-refractivity contribution in [3.8, 4) is 0 Å². The lowest BCUT2D eigenvalue weighted by atomic mass is 10.1. The fourth-order valence-electron chi connectivity index (χ4n) is 1.79. The highest BCUT2D eigenvalue weighted by Gasteiger charge is 1.94. The smallest absolute Gasteiger partial charge is 0.0543 e. The normalized spacial score (nSPS) is 10.6. The summed E-state index contributed by atoms with van der Waals surface area (Å²) < 4.78 is 0. The molecule has 96 valence electrons. The molecular weight excluding hydrogens is 210 g/mol. The topological polar surface area (TPSA) is 50.9 Å². The van der Waals surface area contributed by atoms with Gasteiger partial charge in [0.05, 0.1) is 17.6 Å². The number of aromatic nitrogens is 1. The van der Waals surface area contributed by atoms with Crippen LogP contribution in [0.2, 0.25) is 0 Å². The number of unbranched alkanes of at least 4 members (excludes halogenated alkanes) is 5. The van der Waals surface area contributed by atoms with Gasteiger partial charge >= 0.3 is 0 Å². The summed E-state index contributed by atoms with van der Waals surface area (Å²) in [6, 6.07) is 3.87. The third kappa shape index (κ3) is 6.95. The zero-order chi connectivity index (χ0) is 12.3. The van der Waals surface area contributed by atoms with Gasteiger partial charge in [-0.1, -0.05) is 39.0 Å². The Morgan fingerprint density at radius 2 is 1.88 bits per heavy atom. The van der Waals surface area contributed by atoms with Crippen molar-refractivity contribution in [2.75, 3.05) is 12.3 Å². The fourth-order valence-corrected chi connectivity index (χ4v) is 1.79. The molecule has 0 aliphatic rings. The van der Waals surface area contributed by atoms with Crippen LogP contribution in [0.5, 0.6) is 0 Å². The van der Waals surface area contributed by atoms with Crippen molar-refractivity contribution >= 4 is 5.69 Å². The van der Waals surface area contributed by atoms with E-state index in [9.17, 15) is 0 Å². The highest BCUT2D eigenvalue weighted by molar-refractivity contribution is 5.34. The van der Waals surface area contributed by atoms with E-state index >= 15 is 0 Å². The average Bonchev–Trinajstić information content (AvgIpc) is 2.35. The molecule has 0 spiro atoms. The van der Waals surface area contributed by atoms with Gasteiger partial charge in [0.2, 0.25) is 0 Å². The third-order valence-corrected chi connectivity index (χ3v) is 2.86. The van der Waals surface area contributed by atoms with Crippen LogP contribution in [0.1, 0.15) is 51.1 Å². The predicted molar refractivity (Wildman–Crippen MR) is 73.7 cm³/mol. The van der Waals surface area contributed by atoms with Crippen molar-refractivity contribution in [1.82, 2.24) is 10.3 Å². The molecule has 0 saturated carbocycles. The molecule has 1 heterocycles. The van der Waals surface area contributed by atoms with Gasteiger partial charge in [-0.3, -0.25) is 4.98 Å². The number of nitrogens with one attached hydrogen (secondary N) is 1. The Kier molecular flexibility index (Phi) is 7.39. The van der Waals surface area contributed by atoms with Crippen LogP contribution in [0.3, 0.4) is 0 Å². The van der Waals surface area contributed by atoms with Crippen molar-refractivity contribution in [2.24, 2.45) is 0 Å². The number of nitrogens with zero attached hydrogens (tertiary/aromatic N) is 1. The number of pyridine rings is 1. The van der Waals surface area contributed by atoms with E-state index in [4.69, 9.17) is 5.73 Å². The second kappa shape index (κ2) is 8.99. The van der Waals surface area contributed by atoms with E-state index in [1.807, 2.05) is 12.1 Å². The average molecular weight is 235 g/mol. The first kappa shape index (κ1) is 14.0. The summed E-state index contributed by atoms with van der Waals surface area (Å²) in [5.74, 6) is 0. The molecule has 1 rings (SSSR count). The monoisotopic (exact) mass is 235 g/mol. The number of nitrogen functional groups attached to an aromatic ring is 1. The lowest BCUT2D eigenvalue weighted by Crippen LogP contribution is -2.15. The maximum Gasteiger partial charge on any atom is 0.0543 e. The molecule has 0 bridgehead atoms. The van der Waals surface area contributed by atoms with Crippen LogP contribution in [0.4, 0.5) is 5.69 Å². The molecule has 0 aliphatic heterocycles. The first-order valence-electron chi connectivity index (χ1n) is 6.74. The molecule has 0 radical (unpaired) electrons. The molecule has 1 aromatic heterocycles. The number of anilines is 1. The molecule has 0 aliphatic carbocycles. The number of hydrogen-bond donors (Lipinski definition) is 2. The standard InChI is InChI=1S/C14H25N3/c1-2-3-4-5-6-7-10-16-12-14-9-8-13(15)11-17-14/h8-9,11,16H,2-7,10,12,15H2,1H3. The molecule has 3 N–H and O–H groups in total. The molecule has 17 heavy (non-hydrogen) atoms. The summed E-state index contributed by atoms with van der Waals surface area (Å²) in [6.45, 7) is 4.18. The van der Waals surface area contributed by atoms with Gasteiger partial charge in [-0.05, 0) is 25.1 Å². The molecule has 3 heteroatoms. The van der Waals surface area contributed by atoms with Crippen molar-refractivity contribution < 1.29 is 0 Å². The first-order valence-corrected chi connectivity index (χ1v) is 6.74. The van der Waals surface area contributed by atoms with Crippen LogP contribution in [0, 0.1) is 0 Å². The summed E-state index contributed by atoms with van der Waals surface area (Å²) in [5.41, 5.74) is 7.36. The van der Waals surface area contributed by atoms with Crippen molar-refractivity contribution in [3.63, 3.8) is 0 Å². The second-order valence-corrected chi connectivity index (χ2v) is 4.53. The summed E-state index contributed by atoms with van der Waals surface area (Å²) in [4.78, 5) is 4.25. The van der Waals surface area contributed by atoms with Crippen LogP contribution in [-0.4, -0.2) is 11.5 Å². The highest BCUT2D eigenvalue weighted by Crippen LogP contribution is 2.04. The van der Waals surface area contributed by atoms with Crippen LogP contribution in [0.25, 0.3) is 0 Å². The quantitative estimate of drug-likeness (QED) is 0.647. The fraction of sp³-hybridized carbons (Fsp3) is 0.643. The van der Waals surface area contributed by atoms with Gasteiger partial charge in [0, 0.05) is 6.54 Å². The molecule has 0 aromatic carbocycles. The minimum absolute atomic E-state index is 0.727. The summed E-state index contributed by atoms with van der Waals surface area (Å²) in [5, 5.41) is 3.41. The van der Waals surface area contributed by atoms with Crippen LogP contribution in [-0.2, 0) is 6.54 Å². The minimum atomic E-state index is 0.727. The molecule has 0 unspecified atom stereocenters. The molecular formula is C14H25N3. The Balaban J connectivity index is 1.95. The summed E-state index contributed by atoms with van der Waals surface area (Å²) in [6.07, 6.45) is 9.76. The van der Waals surface area contributed by atoms with E-state index in [2.05, 4.69) is 17.2 Å². The zero-order valence-electron chi connectivity index (χ0n) is 10.9. The highest BCUT2D eigenvalue weighted by atomic mass is 14.9. The van der Waals surface area contributed by atoms with E-state index in [1.165, 1.54) is 38.5 Å². The van der Waals surface area contributed by atoms with Gasteiger partial charge in [-0.15, -0.1) is 0 Å². The molecule has 3 nitrogen and oxygen atoms in total. The van der Waals surface area contributed by atoms with Crippen LogP contribution in [0.15, 0.2) is 18.3 Å². The maximum absolute atomic E-state index is 5.58. The summed E-state index contributed by atoms with van der Waals surface area (Å²) in [7, 11) is 0. The van der Waals surface area contributed by atoms with Crippen LogP contribution >= 0.6 is 0 Å². The van der Waals surface area contributed by atoms with Gasteiger partial charge in [0.15, 0.2) is 0 Å². The first-order chi connectivity index (χ1) is 8.33. The SMILES string of the molecule is CCCCCCCCNCc1ccc(N)cn1. The van der Waals surface area contributed by atoms with Gasteiger partial charge < -0.3 is 11.1 Å². The summed E-state index contributed by atoms with van der Waals surface area (Å²) >= 11 is 0. The number of hydrogen-bond acceptors (Lipinski definition) is 3. The molecule has 1 aromatic rings. The van der Waals surface area contributed by atoms with Gasteiger partial charge in [-0.2, -0.15) is 0 Å². The van der Waals surface area contributed by atoms with E-state index in [0.717, 1.165) is 24.5 Å². The van der Waals surface area contributed by atoms with E-state index in [-0.39, 0.29) is 0 Å². The van der Waals surface area contributed by atoms with Crippen molar-refractivity contribution in [3.05, 3.63) is 24.0 Å². The van der Waals surface area contributed by atoms with E-state index in [1.54, 1.807) is 6.20 Å². The van der Waals surface area contributed by atoms with E-state index in [0.29, 0.717) is 0 Å². The molecule has 0 atom stereocenters. The van der Waals surface area contributed by atoms with Gasteiger partial charge in [0.25, 0.3) is 0 Å². The second-order valence-electron chi connectivity index (χ2n) is 4.53. The Bertz CT molecular complexity index is 282. The third-order valence-electron chi connectivity index (χ3n) is 2.86. The minimum Gasteiger partial charge on any atom is -0.397 e. The lowest BCUT2D eigenvalue weighted by Gasteiger charge is -2.04. The van der Waals surface area contributed by atoms with Crippen molar-refractivity contribution in [1.29, 1.82) is 0 Å². The van der Waals surface area contributed by atoms with Crippen LogP contribution < -0.4 is 11.1 Å². The predicted octanol–water partition coefficient (Wildman–Crippen LogP) is 3.11. The molecule has 0 saturated heterocycles. The Morgan fingerprint density at radius 1 is 1.12 bits per heavy atom. The Morgan fingerprint density at radius 3 is 2.59 bits per heavy atom. The maximum atomic E-state index is 5.58. The number of rotatable bonds is 9. The van der Waals surface area contributed by atoms with Gasteiger partial charge in [0.1, 0.15) is 0 Å². The number of nitrogens with two attached hydrogens (primary N) is 1. The molecule has 0 amide bonds. The Labute approximate surface area is 105 Å².